The van der Waals surface area contributed by atoms with E-state index in [2.05, 4.69) is 10.5 Å². The van der Waals surface area contributed by atoms with E-state index in [9.17, 15) is 13.2 Å². The Kier molecular flexibility index (Phi) is 10.2. The summed E-state index contributed by atoms with van der Waals surface area (Å²) in [5.41, 5.74) is 6.11. The number of aryl methyl sites for hydroxylation is 1. The largest absolute Gasteiger partial charge is 0.490 e. The Balaban J connectivity index is 1.49. The fraction of sp³-hybridized carbons (Fsp3) is 0.188. The summed E-state index contributed by atoms with van der Waals surface area (Å²) in [6.07, 6.45) is 1.45. The number of hydrogen-bond donors (Lipinski definition) is 1. The van der Waals surface area contributed by atoms with Crippen LogP contribution >= 0.6 is 11.6 Å². The van der Waals surface area contributed by atoms with Gasteiger partial charge < -0.3 is 9.47 Å². The van der Waals surface area contributed by atoms with Gasteiger partial charge in [0, 0.05) is 5.02 Å². The van der Waals surface area contributed by atoms with E-state index in [0.717, 1.165) is 21.0 Å². The van der Waals surface area contributed by atoms with Crippen molar-refractivity contribution in [2.24, 2.45) is 5.10 Å². The number of benzene rings is 4. The zero-order chi connectivity index (χ0) is 30.1. The highest BCUT2D eigenvalue weighted by atomic mass is 35.5. The second kappa shape index (κ2) is 14.0. The second-order valence-electron chi connectivity index (χ2n) is 9.39. The van der Waals surface area contributed by atoms with Crippen LogP contribution in [0.15, 0.2) is 101 Å². The van der Waals surface area contributed by atoms with Gasteiger partial charge in [0.05, 0.1) is 23.4 Å². The number of ether oxygens (including phenoxy) is 2. The summed E-state index contributed by atoms with van der Waals surface area (Å²) in [7, 11) is -4.03. The Morgan fingerprint density at radius 3 is 2.43 bits per heavy atom. The van der Waals surface area contributed by atoms with Crippen molar-refractivity contribution in [2.75, 3.05) is 17.5 Å². The Morgan fingerprint density at radius 2 is 1.69 bits per heavy atom. The minimum Gasteiger partial charge on any atom is -0.490 e. The molecule has 0 saturated carbocycles. The van der Waals surface area contributed by atoms with E-state index < -0.39 is 22.5 Å². The third-order valence-corrected chi connectivity index (χ3v) is 8.43. The van der Waals surface area contributed by atoms with Crippen LogP contribution in [-0.4, -0.2) is 33.7 Å². The zero-order valence-corrected chi connectivity index (χ0v) is 25.2. The van der Waals surface area contributed by atoms with E-state index in [1.807, 2.05) is 45.0 Å². The van der Waals surface area contributed by atoms with Crippen LogP contribution in [0.4, 0.5) is 5.69 Å². The summed E-state index contributed by atoms with van der Waals surface area (Å²) in [6, 6.07) is 26.0. The highest BCUT2D eigenvalue weighted by molar-refractivity contribution is 7.92. The average molecular weight is 606 g/mol. The number of amides is 1. The van der Waals surface area contributed by atoms with Gasteiger partial charge in [-0.3, -0.25) is 9.10 Å². The van der Waals surface area contributed by atoms with Crippen molar-refractivity contribution in [1.29, 1.82) is 0 Å². The molecule has 0 radical (unpaired) electrons. The molecule has 0 aliphatic carbocycles. The van der Waals surface area contributed by atoms with Crippen LogP contribution < -0.4 is 19.2 Å². The Hall–Kier alpha value is -4.34. The molecule has 0 atom stereocenters. The molecule has 1 amide bonds. The predicted octanol–water partition coefficient (Wildman–Crippen LogP) is 6.28. The molecule has 4 aromatic rings. The molecule has 0 saturated heterocycles. The lowest BCUT2D eigenvalue weighted by Crippen LogP contribution is -2.40. The molecule has 0 aromatic heterocycles. The number of nitrogens with zero attached hydrogens (tertiary/aromatic N) is 2. The molecule has 4 aromatic carbocycles. The van der Waals surface area contributed by atoms with Crippen LogP contribution in [0.3, 0.4) is 0 Å². The highest BCUT2D eigenvalue weighted by Gasteiger charge is 2.28. The highest BCUT2D eigenvalue weighted by Crippen LogP contribution is 2.30. The van der Waals surface area contributed by atoms with Crippen LogP contribution in [0, 0.1) is 13.8 Å². The fourth-order valence-corrected chi connectivity index (χ4v) is 5.86. The van der Waals surface area contributed by atoms with Crippen LogP contribution in [-0.2, 0) is 21.4 Å². The maximum Gasteiger partial charge on any atom is 0.264 e. The van der Waals surface area contributed by atoms with Gasteiger partial charge in [-0.1, -0.05) is 54.1 Å². The molecular formula is C32H32ClN3O5S. The lowest BCUT2D eigenvalue weighted by molar-refractivity contribution is -0.119. The molecule has 10 heteroatoms. The number of sulfonamides is 1. The number of rotatable bonds is 12. The topological polar surface area (TPSA) is 97.3 Å². The molecule has 0 heterocycles. The van der Waals surface area contributed by atoms with Crippen LogP contribution in [0.25, 0.3) is 0 Å². The lowest BCUT2D eigenvalue weighted by atomic mass is 10.1. The first-order chi connectivity index (χ1) is 20.2. The van der Waals surface area contributed by atoms with Crippen molar-refractivity contribution < 1.29 is 22.7 Å². The van der Waals surface area contributed by atoms with E-state index in [4.69, 9.17) is 21.1 Å². The molecule has 0 unspecified atom stereocenters. The van der Waals surface area contributed by atoms with Crippen LogP contribution in [0.1, 0.15) is 29.2 Å². The Bertz CT molecular complexity index is 1680. The van der Waals surface area contributed by atoms with Crippen molar-refractivity contribution in [3.8, 4) is 11.5 Å². The van der Waals surface area contributed by atoms with Gasteiger partial charge in [0.25, 0.3) is 15.9 Å². The quantitative estimate of drug-likeness (QED) is 0.151. The summed E-state index contributed by atoms with van der Waals surface area (Å²) < 4.78 is 40.0. The SMILES string of the molecule is CCOc1cc(/C=N\NC(=O)CN(c2cccc(C)c2C)S(=O)(=O)c2ccccc2)ccc1OCc1cccc(Cl)c1. The van der Waals surface area contributed by atoms with Crippen LogP contribution in [0.5, 0.6) is 11.5 Å². The molecule has 0 bridgehead atoms. The fourth-order valence-electron chi connectivity index (χ4n) is 4.15. The molecule has 0 spiro atoms. The molecule has 8 nitrogen and oxygen atoms in total. The average Bonchev–Trinajstić information content (AvgIpc) is 2.98. The van der Waals surface area contributed by atoms with E-state index in [1.165, 1.54) is 18.3 Å². The number of carbonyl (C=O) groups is 1. The first kappa shape index (κ1) is 30.6. The van der Waals surface area contributed by atoms with Gasteiger partial charge in [-0.2, -0.15) is 5.10 Å². The van der Waals surface area contributed by atoms with Gasteiger partial charge in [-0.25, -0.2) is 13.8 Å². The van der Waals surface area contributed by atoms with Gasteiger partial charge in [-0.15, -0.1) is 0 Å². The number of hydrazone groups is 1. The van der Waals surface area contributed by atoms with Crippen molar-refractivity contribution in [3.63, 3.8) is 0 Å². The van der Waals surface area contributed by atoms with Crippen molar-refractivity contribution in [2.45, 2.75) is 32.3 Å². The van der Waals surface area contributed by atoms with Crippen LogP contribution in [0.2, 0.25) is 5.02 Å². The first-order valence-corrected chi connectivity index (χ1v) is 15.1. The minimum atomic E-state index is -4.03. The molecule has 1 N–H and O–H groups in total. The maximum absolute atomic E-state index is 13.6. The van der Waals surface area contributed by atoms with E-state index in [0.29, 0.717) is 41.0 Å². The minimum absolute atomic E-state index is 0.0864. The molecule has 0 aliphatic heterocycles. The summed E-state index contributed by atoms with van der Waals surface area (Å²) in [5.74, 6) is 0.469. The Labute approximate surface area is 251 Å². The van der Waals surface area contributed by atoms with E-state index in [-0.39, 0.29) is 4.90 Å². The van der Waals surface area contributed by atoms with Gasteiger partial charge in [-0.05, 0) is 91.6 Å². The van der Waals surface area contributed by atoms with Crippen molar-refractivity contribution >= 4 is 39.4 Å². The smallest absolute Gasteiger partial charge is 0.264 e. The molecule has 42 heavy (non-hydrogen) atoms. The molecule has 4 rings (SSSR count). The lowest BCUT2D eigenvalue weighted by Gasteiger charge is -2.26. The molecule has 0 aliphatic rings. The summed E-state index contributed by atoms with van der Waals surface area (Å²) >= 11 is 6.06. The van der Waals surface area contributed by atoms with Gasteiger partial charge in [0.2, 0.25) is 0 Å². The number of nitrogens with one attached hydrogen (secondary N) is 1. The third kappa shape index (κ3) is 7.69. The Morgan fingerprint density at radius 1 is 0.929 bits per heavy atom. The summed E-state index contributed by atoms with van der Waals surface area (Å²) in [6.45, 7) is 5.86. The first-order valence-electron chi connectivity index (χ1n) is 13.3. The van der Waals surface area contributed by atoms with E-state index in [1.54, 1.807) is 54.6 Å². The zero-order valence-electron chi connectivity index (χ0n) is 23.6. The van der Waals surface area contributed by atoms with Crippen molar-refractivity contribution in [3.05, 3.63) is 118 Å². The molecular weight excluding hydrogens is 574 g/mol. The van der Waals surface area contributed by atoms with E-state index >= 15 is 0 Å². The summed E-state index contributed by atoms with van der Waals surface area (Å²) in [5, 5.41) is 4.69. The van der Waals surface area contributed by atoms with Gasteiger partial charge in [0.15, 0.2) is 11.5 Å². The number of halogens is 1. The monoisotopic (exact) mass is 605 g/mol. The predicted molar refractivity (Wildman–Crippen MR) is 166 cm³/mol. The number of carbonyl (C=O) groups excluding carboxylic acids is 1. The van der Waals surface area contributed by atoms with Crippen molar-refractivity contribution in [1.82, 2.24) is 5.43 Å². The van der Waals surface area contributed by atoms with Gasteiger partial charge in [0.1, 0.15) is 13.2 Å². The number of hydrogen-bond acceptors (Lipinski definition) is 6. The molecule has 0 fully saturated rings. The third-order valence-electron chi connectivity index (χ3n) is 6.42. The van der Waals surface area contributed by atoms with Gasteiger partial charge >= 0.3 is 0 Å². The maximum atomic E-state index is 13.6. The molecule has 218 valence electrons. The summed E-state index contributed by atoms with van der Waals surface area (Å²) in [4.78, 5) is 13.1. The normalized spacial score (nSPS) is 11.3. The standard InChI is InChI=1S/C32H32ClN3O5S/c1-4-40-31-19-25(16-17-30(31)41-22-26-11-9-12-27(33)18-26)20-34-35-32(37)21-36(29-15-8-10-23(2)24(29)3)42(38,39)28-13-6-5-7-14-28/h5-20H,4,21-22H2,1-3H3,(H,35,37)/b34-20-. The second-order valence-corrected chi connectivity index (χ2v) is 11.7. The number of anilines is 1.